The van der Waals surface area contributed by atoms with Crippen LogP contribution in [0.1, 0.15) is 11.1 Å². The highest BCUT2D eigenvalue weighted by atomic mass is 19.4. The van der Waals surface area contributed by atoms with Gasteiger partial charge in [-0.1, -0.05) is 18.2 Å². The minimum atomic E-state index is -4.36. The van der Waals surface area contributed by atoms with Gasteiger partial charge in [-0.3, -0.25) is 9.69 Å². The SMILES string of the molecule is N#CCc1ccc(NC(=O)CN2CCN(c3cccc(C(F)(F)F)c3)CC2)cc1. The number of nitrogens with one attached hydrogen (secondary N) is 1. The van der Waals surface area contributed by atoms with Crippen LogP contribution in [-0.4, -0.2) is 43.5 Å². The van der Waals surface area contributed by atoms with Crippen LogP contribution in [-0.2, 0) is 17.4 Å². The number of anilines is 2. The molecule has 2 aromatic rings. The highest BCUT2D eigenvalue weighted by Gasteiger charge is 2.31. The van der Waals surface area contributed by atoms with Crippen molar-refractivity contribution in [2.45, 2.75) is 12.6 Å². The van der Waals surface area contributed by atoms with E-state index in [0.29, 0.717) is 44.0 Å². The maximum absolute atomic E-state index is 12.9. The van der Waals surface area contributed by atoms with Crippen molar-refractivity contribution in [1.29, 1.82) is 5.26 Å². The Labute approximate surface area is 167 Å². The Hall–Kier alpha value is -3.05. The van der Waals surface area contributed by atoms with Gasteiger partial charge in [-0.05, 0) is 35.9 Å². The zero-order valence-electron chi connectivity index (χ0n) is 15.7. The van der Waals surface area contributed by atoms with E-state index >= 15 is 0 Å². The summed E-state index contributed by atoms with van der Waals surface area (Å²) in [5, 5.41) is 11.5. The summed E-state index contributed by atoms with van der Waals surface area (Å²) < 4.78 is 38.7. The van der Waals surface area contributed by atoms with Crippen LogP contribution in [0.15, 0.2) is 48.5 Å². The Kier molecular flexibility index (Phi) is 6.39. The zero-order valence-corrected chi connectivity index (χ0v) is 15.7. The molecule has 0 saturated carbocycles. The topological polar surface area (TPSA) is 59.4 Å². The fourth-order valence-electron chi connectivity index (χ4n) is 3.24. The van der Waals surface area contributed by atoms with E-state index in [2.05, 4.69) is 11.4 Å². The van der Waals surface area contributed by atoms with Crippen molar-refractivity contribution in [2.24, 2.45) is 0 Å². The molecule has 1 aliphatic rings. The molecule has 152 valence electrons. The van der Waals surface area contributed by atoms with Crippen LogP contribution in [0, 0.1) is 11.3 Å². The van der Waals surface area contributed by atoms with Crippen molar-refractivity contribution in [3.8, 4) is 6.07 Å². The summed E-state index contributed by atoms with van der Waals surface area (Å²) in [5.74, 6) is -0.148. The summed E-state index contributed by atoms with van der Waals surface area (Å²) >= 11 is 0. The molecule has 1 fully saturated rings. The van der Waals surface area contributed by atoms with Gasteiger partial charge in [-0.15, -0.1) is 0 Å². The van der Waals surface area contributed by atoms with E-state index in [1.807, 2.05) is 9.80 Å². The lowest BCUT2D eigenvalue weighted by Gasteiger charge is -2.36. The predicted octanol–water partition coefficient (Wildman–Crippen LogP) is 3.53. The number of nitriles is 1. The Morgan fingerprint density at radius 3 is 2.38 bits per heavy atom. The minimum absolute atomic E-state index is 0.148. The van der Waals surface area contributed by atoms with Crippen LogP contribution in [0.25, 0.3) is 0 Å². The molecule has 2 aromatic carbocycles. The molecule has 8 heteroatoms. The molecule has 3 rings (SSSR count). The molecule has 1 heterocycles. The average Bonchev–Trinajstić information content (AvgIpc) is 2.70. The van der Waals surface area contributed by atoms with Crippen molar-refractivity contribution >= 4 is 17.3 Å². The second-order valence-corrected chi connectivity index (χ2v) is 6.89. The fraction of sp³-hybridized carbons (Fsp3) is 0.333. The smallest absolute Gasteiger partial charge is 0.369 e. The molecule has 1 N–H and O–H groups in total. The van der Waals surface area contributed by atoms with Gasteiger partial charge < -0.3 is 10.2 Å². The van der Waals surface area contributed by atoms with Crippen LogP contribution in [0.5, 0.6) is 0 Å². The Balaban J connectivity index is 1.49. The lowest BCUT2D eigenvalue weighted by atomic mass is 10.1. The number of nitrogens with zero attached hydrogens (tertiary/aromatic N) is 3. The molecular formula is C21H21F3N4O. The van der Waals surface area contributed by atoms with Gasteiger partial charge in [-0.2, -0.15) is 18.4 Å². The van der Waals surface area contributed by atoms with E-state index in [-0.39, 0.29) is 12.5 Å². The number of alkyl halides is 3. The van der Waals surface area contributed by atoms with Crippen molar-refractivity contribution in [2.75, 3.05) is 42.9 Å². The predicted molar refractivity (Wildman–Crippen MR) is 104 cm³/mol. The number of halogens is 3. The highest BCUT2D eigenvalue weighted by Crippen LogP contribution is 2.31. The first kappa shape index (κ1) is 20.7. The van der Waals surface area contributed by atoms with Crippen LogP contribution in [0.2, 0.25) is 0 Å². The van der Waals surface area contributed by atoms with Gasteiger partial charge in [0, 0.05) is 37.6 Å². The van der Waals surface area contributed by atoms with Gasteiger partial charge in [0.15, 0.2) is 0 Å². The van der Waals surface area contributed by atoms with Crippen LogP contribution < -0.4 is 10.2 Å². The van der Waals surface area contributed by atoms with E-state index in [0.717, 1.165) is 11.6 Å². The number of amides is 1. The highest BCUT2D eigenvalue weighted by molar-refractivity contribution is 5.92. The number of hydrogen-bond donors (Lipinski definition) is 1. The average molecular weight is 402 g/mol. The number of piperazine rings is 1. The summed E-state index contributed by atoms with van der Waals surface area (Å²) in [6, 6.07) is 14.5. The van der Waals surface area contributed by atoms with Gasteiger partial charge in [0.05, 0.1) is 24.6 Å². The molecule has 0 bridgehead atoms. The molecule has 29 heavy (non-hydrogen) atoms. The third-order valence-electron chi connectivity index (χ3n) is 4.80. The normalized spacial score (nSPS) is 15.0. The number of hydrogen-bond acceptors (Lipinski definition) is 4. The molecule has 0 unspecified atom stereocenters. The van der Waals surface area contributed by atoms with E-state index in [4.69, 9.17) is 5.26 Å². The molecule has 0 spiro atoms. The van der Waals surface area contributed by atoms with Crippen LogP contribution >= 0.6 is 0 Å². The van der Waals surface area contributed by atoms with Crippen molar-refractivity contribution in [1.82, 2.24) is 4.90 Å². The summed E-state index contributed by atoms with van der Waals surface area (Å²) in [5.41, 5.74) is 1.44. The Morgan fingerprint density at radius 2 is 1.76 bits per heavy atom. The lowest BCUT2D eigenvalue weighted by Crippen LogP contribution is -2.48. The molecule has 1 saturated heterocycles. The molecule has 0 aromatic heterocycles. The number of rotatable bonds is 5. The van der Waals surface area contributed by atoms with Gasteiger partial charge in [0.25, 0.3) is 0 Å². The second-order valence-electron chi connectivity index (χ2n) is 6.89. The third kappa shape index (κ3) is 5.72. The molecule has 0 radical (unpaired) electrons. The summed E-state index contributed by atoms with van der Waals surface area (Å²) in [7, 11) is 0. The Morgan fingerprint density at radius 1 is 1.07 bits per heavy atom. The first-order valence-electron chi connectivity index (χ1n) is 9.25. The first-order chi connectivity index (χ1) is 13.8. The van der Waals surface area contributed by atoms with Crippen molar-refractivity contribution in [3.63, 3.8) is 0 Å². The van der Waals surface area contributed by atoms with Gasteiger partial charge >= 0.3 is 6.18 Å². The zero-order chi connectivity index (χ0) is 20.9. The first-order valence-corrected chi connectivity index (χ1v) is 9.25. The molecule has 0 aliphatic carbocycles. The third-order valence-corrected chi connectivity index (χ3v) is 4.80. The molecule has 0 atom stereocenters. The monoisotopic (exact) mass is 402 g/mol. The number of benzene rings is 2. The number of carbonyl (C=O) groups is 1. The maximum Gasteiger partial charge on any atom is 0.416 e. The van der Waals surface area contributed by atoms with Gasteiger partial charge in [-0.25, -0.2) is 0 Å². The van der Waals surface area contributed by atoms with E-state index < -0.39 is 11.7 Å². The fourth-order valence-corrected chi connectivity index (χ4v) is 3.24. The lowest BCUT2D eigenvalue weighted by molar-refractivity contribution is -0.137. The van der Waals surface area contributed by atoms with Crippen molar-refractivity contribution < 1.29 is 18.0 Å². The molecule has 5 nitrogen and oxygen atoms in total. The largest absolute Gasteiger partial charge is 0.416 e. The number of carbonyl (C=O) groups excluding carboxylic acids is 1. The summed E-state index contributed by atoms with van der Waals surface area (Å²) in [6.45, 7) is 2.50. The molecule has 1 amide bonds. The van der Waals surface area contributed by atoms with Crippen LogP contribution in [0.4, 0.5) is 24.5 Å². The van der Waals surface area contributed by atoms with E-state index in [1.165, 1.54) is 12.1 Å². The van der Waals surface area contributed by atoms with E-state index in [9.17, 15) is 18.0 Å². The minimum Gasteiger partial charge on any atom is -0.369 e. The van der Waals surface area contributed by atoms with E-state index in [1.54, 1.807) is 30.3 Å². The van der Waals surface area contributed by atoms with Crippen molar-refractivity contribution in [3.05, 3.63) is 59.7 Å². The second kappa shape index (κ2) is 8.97. The quantitative estimate of drug-likeness (QED) is 0.831. The summed E-state index contributed by atoms with van der Waals surface area (Å²) in [6.07, 6.45) is -4.03. The molecule has 1 aliphatic heterocycles. The van der Waals surface area contributed by atoms with Gasteiger partial charge in [0.1, 0.15) is 0 Å². The maximum atomic E-state index is 12.9. The summed E-state index contributed by atoms with van der Waals surface area (Å²) in [4.78, 5) is 16.1. The van der Waals surface area contributed by atoms with Crippen LogP contribution in [0.3, 0.4) is 0 Å². The van der Waals surface area contributed by atoms with Gasteiger partial charge in [0.2, 0.25) is 5.91 Å². The standard InChI is InChI=1S/C21H21F3N4O/c22-21(23,24)17-2-1-3-19(14-17)28-12-10-27(11-13-28)15-20(29)26-18-6-4-16(5-7-18)8-9-25/h1-7,14H,8,10-13,15H2,(H,26,29). The molecular weight excluding hydrogens is 381 g/mol. The Bertz CT molecular complexity index is 882.